The van der Waals surface area contributed by atoms with Gasteiger partial charge in [-0.2, -0.15) is 0 Å². The van der Waals surface area contributed by atoms with E-state index in [1.807, 2.05) is 30.0 Å². The van der Waals surface area contributed by atoms with Gasteiger partial charge in [-0.1, -0.05) is 25.1 Å². The predicted molar refractivity (Wildman–Crippen MR) is 80.9 cm³/mol. The topological polar surface area (TPSA) is 55.6 Å². The second-order valence-electron chi connectivity index (χ2n) is 5.60. The summed E-state index contributed by atoms with van der Waals surface area (Å²) in [7, 11) is 1.67. The summed E-state index contributed by atoms with van der Waals surface area (Å²) < 4.78 is 5.11. The fourth-order valence-electron chi connectivity index (χ4n) is 2.93. The van der Waals surface area contributed by atoms with Gasteiger partial charge in [0.05, 0.1) is 0 Å². The second kappa shape index (κ2) is 6.86. The number of carbonyl (C=O) groups excluding carboxylic acids is 1. The number of benzene rings is 1. The Bertz CT molecular complexity index is 462. The van der Waals surface area contributed by atoms with Gasteiger partial charge >= 0.3 is 0 Å². The SMILES string of the molecule is COCC(C)CC(=O)N1CC(CCN)c2ccccc21. The fraction of sp³-hybridized carbons (Fsp3) is 0.562. The molecule has 0 bridgehead atoms. The zero-order valence-corrected chi connectivity index (χ0v) is 12.3. The van der Waals surface area contributed by atoms with Crippen LogP contribution >= 0.6 is 0 Å². The molecule has 1 aromatic carbocycles. The summed E-state index contributed by atoms with van der Waals surface area (Å²) in [5.41, 5.74) is 8.00. The molecule has 2 atom stereocenters. The molecule has 0 aliphatic carbocycles. The molecule has 110 valence electrons. The molecular formula is C16H24N2O2. The Morgan fingerprint density at radius 1 is 1.50 bits per heavy atom. The second-order valence-corrected chi connectivity index (χ2v) is 5.60. The first-order valence-electron chi connectivity index (χ1n) is 7.25. The molecule has 4 nitrogen and oxygen atoms in total. The Morgan fingerprint density at radius 2 is 2.25 bits per heavy atom. The van der Waals surface area contributed by atoms with E-state index >= 15 is 0 Å². The first-order chi connectivity index (χ1) is 9.67. The van der Waals surface area contributed by atoms with Crippen LogP contribution < -0.4 is 10.6 Å². The molecule has 0 spiro atoms. The van der Waals surface area contributed by atoms with Gasteiger partial charge in [-0.25, -0.2) is 0 Å². The first-order valence-corrected chi connectivity index (χ1v) is 7.25. The third-order valence-corrected chi connectivity index (χ3v) is 3.86. The minimum absolute atomic E-state index is 0.182. The zero-order chi connectivity index (χ0) is 14.5. The van der Waals surface area contributed by atoms with E-state index in [-0.39, 0.29) is 11.8 Å². The molecule has 2 N–H and O–H groups in total. The van der Waals surface area contributed by atoms with E-state index in [9.17, 15) is 4.79 Å². The number of hydrogen-bond donors (Lipinski definition) is 1. The van der Waals surface area contributed by atoms with E-state index in [0.29, 0.717) is 25.5 Å². The summed E-state index contributed by atoms with van der Waals surface area (Å²) in [6.45, 7) is 4.07. The van der Waals surface area contributed by atoms with Crippen molar-refractivity contribution >= 4 is 11.6 Å². The van der Waals surface area contributed by atoms with Crippen LogP contribution in [-0.2, 0) is 9.53 Å². The van der Waals surface area contributed by atoms with Crippen LogP contribution in [-0.4, -0.2) is 32.7 Å². The highest BCUT2D eigenvalue weighted by Crippen LogP contribution is 2.38. The quantitative estimate of drug-likeness (QED) is 0.866. The number of amides is 1. The van der Waals surface area contributed by atoms with Gasteiger partial charge in [0, 0.05) is 38.3 Å². The Balaban J connectivity index is 2.11. The summed E-state index contributed by atoms with van der Waals surface area (Å²) in [4.78, 5) is 14.4. The highest BCUT2D eigenvalue weighted by atomic mass is 16.5. The van der Waals surface area contributed by atoms with E-state index in [1.165, 1.54) is 5.56 Å². The molecule has 0 saturated carbocycles. The number of nitrogens with zero attached hydrogens (tertiary/aromatic N) is 1. The summed E-state index contributed by atoms with van der Waals surface area (Å²) >= 11 is 0. The molecule has 2 rings (SSSR count). The molecule has 1 aliphatic rings. The maximum absolute atomic E-state index is 12.5. The van der Waals surface area contributed by atoms with Gasteiger partial charge in [0.15, 0.2) is 0 Å². The van der Waals surface area contributed by atoms with Crippen LogP contribution in [0.5, 0.6) is 0 Å². The molecule has 0 fully saturated rings. The third kappa shape index (κ3) is 3.19. The van der Waals surface area contributed by atoms with Crippen LogP contribution in [0, 0.1) is 5.92 Å². The lowest BCUT2D eigenvalue weighted by molar-refractivity contribution is -0.119. The van der Waals surface area contributed by atoms with Crippen LogP contribution in [0.15, 0.2) is 24.3 Å². The number of carbonyl (C=O) groups is 1. The minimum Gasteiger partial charge on any atom is -0.384 e. The van der Waals surface area contributed by atoms with Crippen molar-refractivity contribution in [3.8, 4) is 0 Å². The van der Waals surface area contributed by atoms with Crippen LogP contribution in [0.25, 0.3) is 0 Å². The Hall–Kier alpha value is -1.39. The monoisotopic (exact) mass is 276 g/mol. The molecule has 20 heavy (non-hydrogen) atoms. The predicted octanol–water partition coefficient (Wildman–Crippen LogP) is 2.14. The number of anilines is 1. The van der Waals surface area contributed by atoms with Crippen molar-refractivity contribution < 1.29 is 9.53 Å². The maximum Gasteiger partial charge on any atom is 0.227 e. The summed E-state index contributed by atoms with van der Waals surface area (Å²) in [5.74, 6) is 0.799. The average Bonchev–Trinajstić information content (AvgIpc) is 2.79. The lowest BCUT2D eigenvalue weighted by Gasteiger charge is -2.20. The lowest BCUT2D eigenvalue weighted by Crippen LogP contribution is -2.31. The molecule has 1 aromatic rings. The summed E-state index contributed by atoms with van der Waals surface area (Å²) in [5, 5.41) is 0. The van der Waals surface area contributed by atoms with Crippen LogP contribution in [0.1, 0.15) is 31.2 Å². The lowest BCUT2D eigenvalue weighted by atomic mass is 9.98. The molecular weight excluding hydrogens is 252 g/mol. The summed E-state index contributed by atoms with van der Waals surface area (Å²) in [6.07, 6.45) is 1.45. The molecule has 0 aromatic heterocycles. The normalized spacial score (nSPS) is 18.9. The van der Waals surface area contributed by atoms with Gasteiger partial charge < -0.3 is 15.4 Å². The zero-order valence-electron chi connectivity index (χ0n) is 12.3. The number of fused-ring (bicyclic) bond motifs is 1. The molecule has 4 heteroatoms. The number of rotatable bonds is 6. The number of methoxy groups -OCH3 is 1. The maximum atomic E-state index is 12.5. The largest absolute Gasteiger partial charge is 0.384 e. The highest BCUT2D eigenvalue weighted by molar-refractivity contribution is 5.96. The van der Waals surface area contributed by atoms with Crippen LogP contribution in [0.3, 0.4) is 0 Å². The number of ether oxygens (including phenoxy) is 1. The molecule has 0 saturated heterocycles. The van der Waals surface area contributed by atoms with E-state index in [2.05, 4.69) is 6.07 Å². The van der Waals surface area contributed by atoms with Gasteiger partial charge in [-0.05, 0) is 30.5 Å². The van der Waals surface area contributed by atoms with E-state index < -0.39 is 0 Å². The van der Waals surface area contributed by atoms with Crippen molar-refractivity contribution in [3.63, 3.8) is 0 Å². The smallest absolute Gasteiger partial charge is 0.227 e. The average molecular weight is 276 g/mol. The Kier molecular flexibility index (Phi) is 5.15. The van der Waals surface area contributed by atoms with Crippen molar-refractivity contribution in [1.29, 1.82) is 0 Å². The van der Waals surface area contributed by atoms with Gasteiger partial charge in [0.2, 0.25) is 5.91 Å². The number of nitrogens with two attached hydrogens (primary N) is 1. The highest BCUT2D eigenvalue weighted by Gasteiger charge is 2.31. The van der Waals surface area contributed by atoms with Gasteiger partial charge in [-0.15, -0.1) is 0 Å². The van der Waals surface area contributed by atoms with Crippen molar-refractivity contribution in [2.45, 2.75) is 25.7 Å². The van der Waals surface area contributed by atoms with Crippen molar-refractivity contribution in [2.75, 3.05) is 31.7 Å². The number of para-hydroxylation sites is 1. The van der Waals surface area contributed by atoms with E-state index in [4.69, 9.17) is 10.5 Å². The molecule has 1 amide bonds. The first kappa shape index (κ1) is 15.0. The fourth-order valence-corrected chi connectivity index (χ4v) is 2.93. The Labute approximate surface area is 120 Å². The van der Waals surface area contributed by atoms with Gasteiger partial charge in [0.1, 0.15) is 0 Å². The third-order valence-electron chi connectivity index (χ3n) is 3.86. The van der Waals surface area contributed by atoms with Crippen LogP contribution in [0.2, 0.25) is 0 Å². The molecule has 1 aliphatic heterocycles. The van der Waals surface area contributed by atoms with Crippen molar-refractivity contribution in [3.05, 3.63) is 29.8 Å². The van der Waals surface area contributed by atoms with Crippen molar-refractivity contribution in [1.82, 2.24) is 0 Å². The van der Waals surface area contributed by atoms with E-state index in [1.54, 1.807) is 7.11 Å². The standard InChI is InChI=1S/C16H24N2O2/c1-12(11-20-2)9-16(19)18-10-13(7-8-17)14-5-3-4-6-15(14)18/h3-6,12-13H,7-11,17H2,1-2H3. The Morgan fingerprint density at radius 3 is 2.95 bits per heavy atom. The summed E-state index contributed by atoms with van der Waals surface area (Å²) in [6, 6.07) is 8.17. The molecule has 1 heterocycles. The number of hydrogen-bond acceptors (Lipinski definition) is 3. The van der Waals surface area contributed by atoms with E-state index in [0.717, 1.165) is 18.7 Å². The van der Waals surface area contributed by atoms with Crippen LogP contribution in [0.4, 0.5) is 5.69 Å². The molecule has 2 unspecified atom stereocenters. The molecule has 0 radical (unpaired) electrons. The minimum atomic E-state index is 0.182. The van der Waals surface area contributed by atoms with Crippen molar-refractivity contribution in [2.24, 2.45) is 11.7 Å². The van der Waals surface area contributed by atoms with Gasteiger partial charge in [0.25, 0.3) is 0 Å². The van der Waals surface area contributed by atoms with Gasteiger partial charge in [-0.3, -0.25) is 4.79 Å².